The Hall–Kier alpha value is -0.950. The fourth-order valence-electron chi connectivity index (χ4n) is 1.52. The highest BCUT2D eigenvalue weighted by molar-refractivity contribution is 5.79. The molecule has 1 heterocycles. The topological polar surface area (TPSA) is 96.8 Å². The molecule has 0 atom stereocenters. The summed E-state index contributed by atoms with van der Waals surface area (Å²) in [6, 6.07) is 0. The van der Waals surface area contributed by atoms with Crippen LogP contribution in [0.25, 0.3) is 0 Å². The van der Waals surface area contributed by atoms with E-state index in [4.69, 9.17) is 25.7 Å². The molecule has 4 N–H and O–H groups in total. The van der Waals surface area contributed by atoms with Gasteiger partial charge in [-0.25, -0.2) is 0 Å². The van der Waals surface area contributed by atoms with Crippen LogP contribution < -0.4 is 11.5 Å². The highest BCUT2D eigenvalue weighted by Crippen LogP contribution is 2.31. The van der Waals surface area contributed by atoms with Crippen LogP contribution in [0.2, 0.25) is 0 Å². The first-order valence-electron chi connectivity index (χ1n) is 5.57. The Morgan fingerprint density at radius 3 is 2.29 bits per heavy atom. The zero-order valence-corrected chi connectivity index (χ0v) is 10.1. The molecule has 0 amide bonds. The Morgan fingerprint density at radius 1 is 1.41 bits per heavy atom. The average molecular weight is 244 g/mol. The van der Waals surface area contributed by atoms with Crippen LogP contribution in [0, 0.1) is 5.41 Å². The maximum atomic E-state index is 11.8. The summed E-state index contributed by atoms with van der Waals surface area (Å²) in [6.45, 7) is 6.18. The van der Waals surface area contributed by atoms with Crippen molar-refractivity contribution in [2.75, 3.05) is 32.9 Å². The van der Waals surface area contributed by atoms with Crippen LogP contribution in [-0.2, 0) is 19.0 Å². The molecular weight excluding hydrogens is 224 g/mol. The molecule has 1 saturated heterocycles. The quantitative estimate of drug-likeness (QED) is 0.494. The second-order valence-corrected chi connectivity index (χ2v) is 3.98. The van der Waals surface area contributed by atoms with Gasteiger partial charge in [0, 0.05) is 13.1 Å². The molecule has 0 spiro atoms. The van der Waals surface area contributed by atoms with E-state index in [2.05, 4.69) is 6.58 Å². The lowest BCUT2D eigenvalue weighted by atomic mass is 9.89. The first-order chi connectivity index (χ1) is 8.08. The molecule has 6 nitrogen and oxygen atoms in total. The lowest BCUT2D eigenvalue weighted by molar-refractivity contribution is -0.283. The number of carbonyl (C=O) groups is 1. The Kier molecular flexibility index (Phi) is 4.64. The van der Waals surface area contributed by atoms with Crippen LogP contribution in [0.15, 0.2) is 12.7 Å². The minimum atomic E-state index is -1.00. The standard InChI is InChI=1S/C11H20N2O4/c1-3-10(9(14)15-4-2)7-16-11(5-12,6-13)17-8-10/h3H,1,4-8,12-13H2,2H3. The van der Waals surface area contributed by atoms with Gasteiger partial charge in [0.2, 0.25) is 0 Å². The summed E-state index contributed by atoms with van der Waals surface area (Å²) >= 11 is 0. The van der Waals surface area contributed by atoms with Gasteiger partial charge >= 0.3 is 5.97 Å². The summed E-state index contributed by atoms with van der Waals surface area (Å²) < 4.78 is 16.0. The van der Waals surface area contributed by atoms with E-state index in [-0.39, 0.29) is 26.3 Å². The van der Waals surface area contributed by atoms with E-state index >= 15 is 0 Å². The predicted octanol–water partition coefficient (Wildman–Crippen LogP) is -0.618. The molecule has 1 aliphatic rings. The van der Waals surface area contributed by atoms with Crippen LogP contribution in [0.3, 0.4) is 0 Å². The highest BCUT2D eigenvalue weighted by Gasteiger charge is 2.47. The van der Waals surface area contributed by atoms with Gasteiger partial charge in [-0.1, -0.05) is 6.08 Å². The minimum Gasteiger partial charge on any atom is -0.465 e. The van der Waals surface area contributed by atoms with E-state index in [1.165, 1.54) is 6.08 Å². The highest BCUT2D eigenvalue weighted by atomic mass is 16.7. The van der Waals surface area contributed by atoms with Gasteiger partial charge in [-0.3, -0.25) is 4.79 Å². The Balaban J connectivity index is 2.75. The SMILES string of the molecule is C=CC1(C(=O)OCC)COC(CN)(CN)OC1. The van der Waals surface area contributed by atoms with E-state index in [1.54, 1.807) is 6.92 Å². The molecule has 1 aliphatic heterocycles. The van der Waals surface area contributed by atoms with Gasteiger partial charge in [0.25, 0.3) is 0 Å². The molecule has 0 saturated carbocycles. The molecular formula is C11H20N2O4. The third kappa shape index (κ3) is 2.66. The smallest absolute Gasteiger partial charge is 0.320 e. The fourth-order valence-corrected chi connectivity index (χ4v) is 1.52. The molecule has 1 rings (SSSR count). The van der Waals surface area contributed by atoms with E-state index in [1.807, 2.05) is 0 Å². The molecule has 0 aromatic carbocycles. The number of ether oxygens (including phenoxy) is 3. The molecule has 98 valence electrons. The predicted molar refractivity (Wildman–Crippen MR) is 62.0 cm³/mol. The monoisotopic (exact) mass is 244 g/mol. The summed E-state index contributed by atoms with van der Waals surface area (Å²) in [4.78, 5) is 11.8. The Bertz CT molecular complexity index is 279. The molecule has 0 bridgehead atoms. The first kappa shape index (κ1) is 14.1. The van der Waals surface area contributed by atoms with Crippen molar-refractivity contribution >= 4 is 5.97 Å². The van der Waals surface area contributed by atoms with Crippen LogP contribution >= 0.6 is 0 Å². The van der Waals surface area contributed by atoms with Gasteiger partial charge in [-0.15, -0.1) is 6.58 Å². The summed E-state index contributed by atoms with van der Waals surface area (Å²) in [7, 11) is 0. The largest absolute Gasteiger partial charge is 0.465 e. The number of hydrogen-bond donors (Lipinski definition) is 2. The zero-order valence-electron chi connectivity index (χ0n) is 10.1. The summed E-state index contributed by atoms with van der Waals surface area (Å²) in [5.41, 5.74) is 10.1. The zero-order chi connectivity index (χ0) is 12.9. The first-order valence-corrected chi connectivity index (χ1v) is 5.57. The number of hydrogen-bond acceptors (Lipinski definition) is 6. The van der Waals surface area contributed by atoms with Crippen LogP contribution in [0.1, 0.15) is 6.92 Å². The molecule has 0 aliphatic carbocycles. The lowest BCUT2D eigenvalue weighted by Crippen LogP contribution is -2.59. The van der Waals surface area contributed by atoms with Gasteiger partial charge in [0.15, 0.2) is 5.79 Å². The Labute approximate surface area is 101 Å². The molecule has 1 fully saturated rings. The van der Waals surface area contributed by atoms with E-state index in [0.29, 0.717) is 6.61 Å². The minimum absolute atomic E-state index is 0.115. The van der Waals surface area contributed by atoms with Crippen molar-refractivity contribution in [3.8, 4) is 0 Å². The summed E-state index contributed by atoms with van der Waals surface area (Å²) in [6.07, 6.45) is 1.49. The Morgan fingerprint density at radius 2 is 1.94 bits per heavy atom. The van der Waals surface area contributed by atoms with Gasteiger partial charge in [0.1, 0.15) is 5.41 Å². The fraction of sp³-hybridized carbons (Fsp3) is 0.727. The van der Waals surface area contributed by atoms with Crippen LogP contribution in [0.5, 0.6) is 0 Å². The van der Waals surface area contributed by atoms with Crippen molar-refractivity contribution < 1.29 is 19.0 Å². The second kappa shape index (κ2) is 5.59. The van der Waals surface area contributed by atoms with Gasteiger partial charge in [-0.2, -0.15) is 0 Å². The number of nitrogens with two attached hydrogens (primary N) is 2. The molecule has 0 unspecified atom stereocenters. The normalized spacial score (nSPS) is 21.8. The van der Waals surface area contributed by atoms with Gasteiger partial charge in [-0.05, 0) is 6.92 Å². The third-order valence-electron chi connectivity index (χ3n) is 2.88. The molecule has 6 heteroatoms. The van der Waals surface area contributed by atoms with E-state index in [9.17, 15) is 4.79 Å². The van der Waals surface area contributed by atoms with Crippen molar-refractivity contribution in [2.45, 2.75) is 12.7 Å². The number of rotatable bonds is 5. The van der Waals surface area contributed by atoms with Crippen molar-refractivity contribution in [3.63, 3.8) is 0 Å². The molecule has 0 aromatic heterocycles. The maximum absolute atomic E-state index is 11.8. The summed E-state index contributed by atoms with van der Waals surface area (Å²) in [5, 5.41) is 0. The molecule has 0 radical (unpaired) electrons. The summed E-state index contributed by atoms with van der Waals surface area (Å²) in [5.74, 6) is -1.41. The van der Waals surface area contributed by atoms with Crippen molar-refractivity contribution in [3.05, 3.63) is 12.7 Å². The van der Waals surface area contributed by atoms with Gasteiger partial charge < -0.3 is 25.7 Å². The maximum Gasteiger partial charge on any atom is 0.320 e. The molecule has 17 heavy (non-hydrogen) atoms. The number of esters is 1. The van der Waals surface area contributed by atoms with Crippen LogP contribution in [0.4, 0.5) is 0 Å². The average Bonchev–Trinajstić information content (AvgIpc) is 2.39. The van der Waals surface area contributed by atoms with Crippen molar-refractivity contribution in [2.24, 2.45) is 16.9 Å². The third-order valence-corrected chi connectivity index (χ3v) is 2.88. The number of carbonyl (C=O) groups excluding carboxylic acids is 1. The van der Waals surface area contributed by atoms with Crippen molar-refractivity contribution in [1.29, 1.82) is 0 Å². The second-order valence-electron chi connectivity index (χ2n) is 3.98. The van der Waals surface area contributed by atoms with E-state index in [0.717, 1.165) is 0 Å². The van der Waals surface area contributed by atoms with Crippen molar-refractivity contribution in [1.82, 2.24) is 0 Å². The molecule has 0 aromatic rings. The van der Waals surface area contributed by atoms with E-state index < -0.39 is 17.2 Å². The van der Waals surface area contributed by atoms with Gasteiger partial charge in [0.05, 0.1) is 19.8 Å². The van der Waals surface area contributed by atoms with Crippen LogP contribution in [-0.4, -0.2) is 44.7 Å². The lowest BCUT2D eigenvalue weighted by Gasteiger charge is -2.42.